The molecule has 26 heavy (non-hydrogen) atoms. The summed E-state index contributed by atoms with van der Waals surface area (Å²) in [5.74, 6) is 1.81. The number of guanidine groups is 1. The Morgan fingerprint density at radius 3 is 2.58 bits per heavy atom. The number of fused-ring (bicyclic) bond motifs is 1. The molecule has 2 aromatic rings. The second kappa shape index (κ2) is 7.58. The number of piperazine rings is 1. The van der Waals surface area contributed by atoms with Crippen LogP contribution in [-0.2, 0) is 19.5 Å². The molecule has 0 unspecified atom stereocenters. The van der Waals surface area contributed by atoms with Gasteiger partial charge in [0.1, 0.15) is 5.82 Å². The predicted octanol–water partition coefficient (Wildman–Crippen LogP) is 2.51. The number of aromatic nitrogens is 2. The van der Waals surface area contributed by atoms with E-state index in [4.69, 9.17) is 17.3 Å². The van der Waals surface area contributed by atoms with Crippen LogP contribution in [0.2, 0.25) is 5.02 Å². The average Bonchev–Trinajstić information content (AvgIpc) is 3.10. The van der Waals surface area contributed by atoms with Gasteiger partial charge in [0.15, 0.2) is 5.96 Å². The number of aryl methyl sites for hydroxylation is 2. The molecule has 3 heterocycles. The number of nitrogens with zero attached hydrogens (tertiary/aromatic N) is 5. The number of benzene rings is 1. The Kier molecular flexibility index (Phi) is 5.02. The summed E-state index contributed by atoms with van der Waals surface area (Å²) in [4.78, 5) is 13.8. The number of rotatable bonds is 3. The number of aliphatic imine (C=N–C) groups is 1. The zero-order valence-electron chi connectivity index (χ0n) is 14.9. The van der Waals surface area contributed by atoms with Gasteiger partial charge in [0.25, 0.3) is 0 Å². The zero-order valence-corrected chi connectivity index (χ0v) is 15.7. The Morgan fingerprint density at radius 2 is 1.85 bits per heavy atom. The second-order valence-electron chi connectivity index (χ2n) is 6.92. The Bertz CT molecular complexity index is 750. The van der Waals surface area contributed by atoms with Crippen LogP contribution < -0.4 is 10.6 Å². The van der Waals surface area contributed by atoms with Crippen LogP contribution in [0.1, 0.15) is 24.4 Å². The first-order chi connectivity index (χ1) is 12.7. The summed E-state index contributed by atoms with van der Waals surface area (Å²) in [6.45, 7) is 5.24. The van der Waals surface area contributed by atoms with Gasteiger partial charge in [-0.25, -0.2) is 9.98 Å². The molecular formula is C19H25ClN6. The molecule has 0 radical (unpaired) electrons. The van der Waals surface area contributed by atoms with Gasteiger partial charge in [0.05, 0.1) is 12.2 Å². The monoisotopic (exact) mass is 372 g/mol. The highest BCUT2D eigenvalue weighted by molar-refractivity contribution is 6.30. The summed E-state index contributed by atoms with van der Waals surface area (Å²) in [5.41, 5.74) is 8.45. The lowest BCUT2D eigenvalue weighted by atomic mass is 10.2. The quantitative estimate of drug-likeness (QED) is 0.664. The molecule has 1 aromatic carbocycles. The number of hydrogen-bond donors (Lipinski definition) is 1. The van der Waals surface area contributed by atoms with E-state index >= 15 is 0 Å². The molecule has 0 amide bonds. The third-order valence-electron chi connectivity index (χ3n) is 5.16. The smallest absolute Gasteiger partial charge is 0.191 e. The highest BCUT2D eigenvalue weighted by Crippen LogP contribution is 2.19. The van der Waals surface area contributed by atoms with Gasteiger partial charge in [-0.1, -0.05) is 11.6 Å². The lowest BCUT2D eigenvalue weighted by molar-refractivity contribution is 0.380. The Labute approximate surface area is 159 Å². The molecule has 7 heteroatoms. The summed E-state index contributed by atoms with van der Waals surface area (Å²) in [6.07, 6.45) is 5.68. The SMILES string of the molecule is NC(=NCc1cn2c(n1)CCCC2)N1CCN(c2ccc(Cl)cc2)CC1. The molecular weight excluding hydrogens is 348 g/mol. The fraction of sp³-hybridized carbons (Fsp3) is 0.474. The van der Waals surface area contributed by atoms with Crippen LogP contribution in [0.3, 0.4) is 0 Å². The standard InChI is InChI=1S/C19H25ClN6/c20-15-4-6-17(7-5-15)24-9-11-25(12-10-24)19(21)22-13-16-14-26-8-2-1-3-18(26)23-16/h4-7,14H,1-3,8-13H2,(H2,21,22). The minimum absolute atomic E-state index is 0.559. The largest absolute Gasteiger partial charge is 0.370 e. The Morgan fingerprint density at radius 1 is 1.08 bits per heavy atom. The second-order valence-corrected chi connectivity index (χ2v) is 7.36. The van der Waals surface area contributed by atoms with Gasteiger partial charge < -0.3 is 20.1 Å². The van der Waals surface area contributed by atoms with E-state index in [0.717, 1.165) is 49.9 Å². The molecule has 0 atom stereocenters. The van der Waals surface area contributed by atoms with Crippen molar-refractivity contribution in [3.63, 3.8) is 0 Å². The van der Waals surface area contributed by atoms with E-state index in [-0.39, 0.29) is 0 Å². The van der Waals surface area contributed by atoms with E-state index in [1.54, 1.807) is 0 Å². The molecule has 2 aliphatic heterocycles. The molecule has 1 fully saturated rings. The van der Waals surface area contributed by atoms with Crippen molar-refractivity contribution in [1.82, 2.24) is 14.5 Å². The van der Waals surface area contributed by atoms with Crippen molar-refractivity contribution < 1.29 is 0 Å². The third kappa shape index (κ3) is 3.80. The van der Waals surface area contributed by atoms with Crippen LogP contribution in [0.25, 0.3) is 0 Å². The molecule has 0 saturated carbocycles. The first-order valence-electron chi connectivity index (χ1n) is 9.29. The lowest BCUT2D eigenvalue weighted by Gasteiger charge is -2.36. The predicted molar refractivity (Wildman–Crippen MR) is 106 cm³/mol. The van der Waals surface area contributed by atoms with Crippen LogP contribution in [0, 0.1) is 0 Å². The maximum absolute atomic E-state index is 6.23. The van der Waals surface area contributed by atoms with Gasteiger partial charge in [-0.2, -0.15) is 0 Å². The van der Waals surface area contributed by atoms with Crippen molar-refractivity contribution in [1.29, 1.82) is 0 Å². The fourth-order valence-corrected chi connectivity index (χ4v) is 3.78. The van der Waals surface area contributed by atoms with Crippen molar-refractivity contribution in [2.24, 2.45) is 10.7 Å². The summed E-state index contributed by atoms with van der Waals surface area (Å²) < 4.78 is 2.26. The highest BCUT2D eigenvalue weighted by Gasteiger charge is 2.19. The zero-order chi connectivity index (χ0) is 17.9. The first-order valence-corrected chi connectivity index (χ1v) is 9.67. The van der Waals surface area contributed by atoms with Gasteiger partial charge >= 0.3 is 0 Å². The normalized spacial score (nSPS) is 18.1. The highest BCUT2D eigenvalue weighted by atomic mass is 35.5. The third-order valence-corrected chi connectivity index (χ3v) is 5.41. The molecule has 6 nitrogen and oxygen atoms in total. The van der Waals surface area contributed by atoms with Crippen LogP contribution in [0.4, 0.5) is 5.69 Å². The van der Waals surface area contributed by atoms with Gasteiger partial charge in [0.2, 0.25) is 0 Å². The van der Waals surface area contributed by atoms with Gasteiger partial charge in [-0.15, -0.1) is 0 Å². The van der Waals surface area contributed by atoms with Crippen molar-refractivity contribution >= 4 is 23.2 Å². The Balaban J connectivity index is 1.32. The summed E-state index contributed by atoms with van der Waals surface area (Å²) >= 11 is 5.97. The summed E-state index contributed by atoms with van der Waals surface area (Å²) in [6, 6.07) is 8.00. The van der Waals surface area contributed by atoms with E-state index in [1.807, 2.05) is 12.1 Å². The lowest BCUT2D eigenvalue weighted by Crippen LogP contribution is -2.51. The molecule has 0 spiro atoms. The van der Waals surface area contributed by atoms with Crippen LogP contribution >= 0.6 is 11.6 Å². The van der Waals surface area contributed by atoms with Crippen LogP contribution in [0.15, 0.2) is 35.5 Å². The maximum Gasteiger partial charge on any atom is 0.191 e. The van der Waals surface area contributed by atoms with E-state index in [2.05, 4.69) is 42.7 Å². The van der Waals surface area contributed by atoms with E-state index in [0.29, 0.717) is 12.5 Å². The molecule has 1 saturated heterocycles. The van der Waals surface area contributed by atoms with E-state index < -0.39 is 0 Å². The van der Waals surface area contributed by atoms with Crippen LogP contribution in [0.5, 0.6) is 0 Å². The molecule has 0 aliphatic carbocycles. The average molecular weight is 373 g/mol. The van der Waals surface area contributed by atoms with Crippen molar-refractivity contribution in [2.45, 2.75) is 32.4 Å². The molecule has 2 aliphatic rings. The number of imidazole rings is 1. The van der Waals surface area contributed by atoms with E-state index in [1.165, 1.54) is 24.4 Å². The number of hydrogen-bond acceptors (Lipinski definition) is 3. The van der Waals surface area contributed by atoms with Gasteiger partial charge in [0, 0.05) is 56.1 Å². The maximum atomic E-state index is 6.23. The fourth-order valence-electron chi connectivity index (χ4n) is 3.66. The van der Waals surface area contributed by atoms with Crippen molar-refractivity contribution in [3.8, 4) is 0 Å². The van der Waals surface area contributed by atoms with Gasteiger partial charge in [-0.05, 0) is 37.1 Å². The number of anilines is 1. The molecule has 138 valence electrons. The molecule has 0 bridgehead atoms. The summed E-state index contributed by atoms with van der Waals surface area (Å²) in [7, 11) is 0. The number of nitrogens with two attached hydrogens (primary N) is 1. The minimum atomic E-state index is 0.559. The molecule has 4 rings (SSSR count). The topological polar surface area (TPSA) is 62.7 Å². The minimum Gasteiger partial charge on any atom is -0.370 e. The number of halogens is 1. The molecule has 2 N–H and O–H groups in total. The first kappa shape index (κ1) is 17.2. The molecule has 1 aromatic heterocycles. The van der Waals surface area contributed by atoms with Crippen LogP contribution in [-0.4, -0.2) is 46.6 Å². The van der Waals surface area contributed by atoms with E-state index in [9.17, 15) is 0 Å². The van der Waals surface area contributed by atoms with Crippen molar-refractivity contribution in [3.05, 3.63) is 47.0 Å². The Hall–Kier alpha value is -2.21. The summed E-state index contributed by atoms with van der Waals surface area (Å²) in [5, 5.41) is 0.768. The van der Waals surface area contributed by atoms with Gasteiger partial charge in [-0.3, -0.25) is 0 Å². The van der Waals surface area contributed by atoms with Crippen molar-refractivity contribution in [2.75, 3.05) is 31.1 Å².